The summed E-state index contributed by atoms with van der Waals surface area (Å²) in [6.07, 6.45) is 8.29. The second-order valence-electron chi connectivity index (χ2n) is 6.35. The van der Waals surface area contributed by atoms with Gasteiger partial charge in [0.2, 0.25) is 0 Å². The maximum atomic E-state index is 9.41. The Bertz CT molecular complexity index is 672. The van der Waals surface area contributed by atoms with Gasteiger partial charge in [0.25, 0.3) is 0 Å². The first-order chi connectivity index (χ1) is 10.8. The average Bonchev–Trinajstić information content (AvgIpc) is 2.91. The lowest BCUT2D eigenvalue weighted by Crippen LogP contribution is -2.32. The summed E-state index contributed by atoms with van der Waals surface area (Å²) in [5.74, 6) is 0. The van der Waals surface area contributed by atoms with E-state index in [0.717, 1.165) is 36.9 Å². The smallest absolute Gasteiger partial charge is 0.101 e. The minimum absolute atomic E-state index is 0.812. The summed E-state index contributed by atoms with van der Waals surface area (Å²) in [7, 11) is 0. The van der Waals surface area contributed by atoms with Crippen molar-refractivity contribution < 1.29 is 0 Å². The Balaban J connectivity index is 1.81. The van der Waals surface area contributed by atoms with Crippen LogP contribution in [0.4, 0.5) is 0 Å². The van der Waals surface area contributed by atoms with E-state index >= 15 is 0 Å². The van der Waals surface area contributed by atoms with Gasteiger partial charge in [-0.15, -0.1) is 0 Å². The lowest BCUT2D eigenvalue weighted by atomic mass is 10.1. The lowest BCUT2D eigenvalue weighted by molar-refractivity contribution is 0.221. The third kappa shape index (κ3) is 3.18. The number of aryl methyl sites for hydroxylation is 1. The highest BCUT2D eigenvalue weighted by atomic mass is 15.1. The number of likely N-dealkylation sites (tertiary alicyclic amines) is 1. The van der Waals surface area contributed by atoms with Gasteiger partial charge in [-0.25, -0.2) is 0 Å². The van der Waals surface area contributed by atoms with Crippen LogP contribution in [0.2, 0.25) is 0 Å². The molecule has 0 unspecified atom stereocenters. The topological polar surface area (TPSA) is 32.0 Å². The third-order valence-corrected chi connectivity index (χ3v) is 4.71. The second-order valence-corrected chi connectivity index (χ2v) is 6.35. The lowest BCUT2D eigenvalue weighted by Gasteiger charge is -2.26. The molecule has 0 saturated carbocycles. The van der Waals surface area contributed by atoms with Gasteiger partial charge >= 0.3 is 0 Å². The molecule has 3 nitrogen and oxygen atoms in total. The number of nitrogens with zero attached hydrogens (tertiary/aromatic N) is 3. The van der Waals surface area contributed by atoms with Crippen LogP contribution in [0.25, 0.3) is 10.9 Å². The Hall–Kier alpha value is -1.79. The van der Waals surface area contributed by atoms with Crippen LogP contribution >= 0.6 is 0 Å². The normalized spacial score (nSPS) is 16.0. The number of hydrogen-bond acceptors (Lipinski definition) is 2. The molecule has 1 aromatic heterocycles. The molecule has 22 heavy (non-hydrogen) atoms. The van der Waals surface area contributed by atoms with Crippen molar-refractivity contribution in [2.75, 3.05) is 19.6 Å². The molecule has 0 amide bonds. The fourth-order valence-corrected chi connectivity index (χ4v) is 3.49. The first-order valence-electron chi connectivity index (χ1n) is 8.56. The van der Waals surface area contributed by atoms with E-state index in [-0.39, 0.29) is 0 Å². The molecule has 1 aliphatic rings. The van der Waals surface area contributed by atoms with Crippen molar-refractivity contribution >= 4 is 10.9 Å². The minimum Gasteiger partial charge on any atom is -0.345 e. The molecule has 0 spiro atoms. The number of benzene rings is 1. The highest BCUT2D eigenvalue weighted by Crippen LogP contribution is 2.23. The summed E-state index contributed by atoms with van der Waals surface area (Å²) in [6, 6.07) is 8.97. The van der Waals surface area contributed by atoms with Crippen LogP contribution in [-0.2, 0) is 13.0 Å². The number of rotatable bonds is 5. The highest BCUT2D eigenvalue weighted by Gasteiger charge is 2.12. The Morgan fingerprint density at radius 2 is 1.95 bits per heavy atom. The number of hydrogen-bond donors (Lipinski definition) is 0. The van der Waals surface area contributed by atoms with E-state index in [1.165, 1.54) is 43.4 Å². The fourth-order valence-electron chi connectivity index (χ4n) is 3.49. The standard InChI is InChI=1S/C19H25N3/c1-2-6-16-7-8-19-18(13-16)17(14-20)15-22(19)12-11-21-9-4-3-5-10-21/h7-8,13,15H,2-6,9-12H2,1H3. The van der Waals surface area contributed by atoms with Crippen LogP contribution in [0.3, 0.4) is 0 Å². The van der Waals surface area contributed by atoms with E-state index in [9.17, 15) is 5.26 Å². The molecule has 0 aliphatic carbocycles. The van der Waals surface area contributed by atoms with E-state index in [2.05, 4.69) is 40.7 Å². The molecule has 3 heteroatoms. The first-order valence-corrected chi connectivity index (χ1v) is 8.56. The van der Waals surface area contributed by atoms with Crippen molar-refractivity contribution in [3.8, 4) is 6.07 Å². The van der Waals surface area contributed by atoms with Gasteiger partial charge in [-0.05, 0) is 50.0 Å². The van der Waals surface area contributed by atoms with Crippen molar-refractivity contribution in [2.45, 2.75) is 45.6 Å². The van der Waals surface area contributed by atoms with E-state index in [0.29, 0.717) is 0 Å². The fraction of sp³-hybridized carbons (Fsp3) is 0.526. The number of nitriles is 1. The van der Waals surface area contributed by atoms with Crippen LogP contribution in [0, 0.1) is 11.3 Å². The van der Waals surface area contributed by atoms with Crippen LogP contribution in [0.15, 0.2) is 24.4 Å². The molecular formula is C19H25N3. The van der Waals surface area contributed by atoms with Gasteiger partial charge in [0.05, 0.1) is 5.56 Å². The van der Waals surface area contributed by atoms with Gasteiger partial charge < -0.3 is 9.47 Å². The third-order valence-electron chi connectivity index (χ3n) is 4.71. The number of piperidine rings is 1. The second kappa shape index (κ2) is 6.98. The van der Waals surface area contributed by atoms with Gasteiger partial charge in [0.15, 0.2) is 0 Å². The number of aromatic nitrogens is 1. The highest BCUT2D eigenvalue weighted by molar-refractivity contribution is 5.87. The summed E-state index contributed by atoms with van der Waals surface area (Å²) in [5.41, 5.74) is 3.35. The van der Waals surface area contributed by atoms with E-state index in [1.54, 1.807) is 0 Å². The van der Waals surface area contributed by atoms with Crippen molar-refractivity contribution in [3.05, 3.63) is 35.5 Å². The Kier molecular flexibility index (Phi) is 4.80. The van der Waals surface area contributed by atoms with Crippen LogP contribution < -0.4 is 0 Å². The van der Waals surface area contributed by atoms with Crippen LogP contribution in [0.1, 0.15) is 43.7 Å². The first kappa shape index (κ1) is 15.1. The van der Waals surface area contributed by atoms with Crippen molar-refractivity contribution in [3.63, 3.8) is 0 Å². The molecule has 2 aromatic rings. The minimum atomic E-state index is 0.812. The predicted molar refractivity (Wildman–Crippen MR) is 90.9 cm³/mol. The molecule has 0 radical (unpaired) electrons. The van der Waals surface area contributed by atoms with Crippen LogP contribution in [0.5, 0.6) is 0 Å². The van der Waals surface area contributed by atoms with Gasteiger partial charge in [-0.2, -0.15) is 5.26 Å². The van der Waals surface area contributed by atoms with Gasteiger partial charge in [-0.3, -0.25) is 0 Å². The summed E-state index contributed by atoms with van der Waals surface area (Å²) in [5, 5.41) is 10.5. The van der Waals surface area contributed by atoms with Crippen molar-refractivity contribution in [2.24, 2.45) is 0 Å². The molecule has 1 aromatic carbocycles. The van der Waals surface area contributed by atoms with E-state index in [1.807, 2.05) is 6.20 Å². The molecular weight excluding hydrogens is 270 g/mol. The monoisotopic (exact) mass is 295 g/mol. The summed E-state index contributed by atoms with van der Waals surface area (Å²) < 4.78 is 2.26. The van der Waals surface area contributed by atoms with Crippen LogP contribution in [-0.4, -0.2) is 29.1 Å². The Labute approximate surface area is 133 Å². The molecule has 1 saturated heterocycles. The molecule has 2 heterocycles. The molecule has 0 N–H and O–H groups in total. The maximum absolute atomic E-state index is 9.41. The van der Waals surface area contributed by atoms with E-state index < -0.39 is 0 Å². The molecule has 116 valence electrons. The SMILES string of the molecule is CCCc1ccc2c(c1)c(C#N)cn2CCN1CCCCC1. The van der Waals surface area contributed by atoms with Gasteiger partial charge in [0, 0.05) is 30.2 Å². The average molecular weight is 295 g/mol. The number of fused-ring (bicyclic) bond motifs is 1. The predicted octanol–water partition coefficient (Wildman–Crippen LogP) is 3.95. The summed E-state index contributed by atoms with van der Waals surface area (Å²) >= 11 is 0. The largest absolute Gasteiger partial charge is 0.345 e. The zero-order valence-corrected chi connectivity index (χ0v) is 13.5. The van der Waals surface area contributed by atoms with E-state index in [4.69, 9.17) is 0 Å². The Morgan fingerprint density at radius 3 is 2.68 bits per heavy atom. The Morgan fingerprint density at radius 1 is 1.14 bits per heavy atom. The zero-order chi connectivity index (χ0) is 15.4. The molecule has 3 rings (SSSR count). The summed E-state index contributed by atoms with van der Waals surface area (Å²) in [6.45, 7) is 6.71. The van der Waals surface area contributed by atoms with Crippen molar-refractivity contribution in [1.29, 1.82) is 5.26 Å². The maximum Gasteiger partial charge on any atom is 0.101 e. The van der Waals surface area contributed by atoms with Crippen molar-refractivity contribution in [1.82, 2.24) is 9.47 Å². The molecule has 0 bridgehead atoms. The molecule has 0 atom stereocenters. The van der Waals surface area contributed by atoms with Gasteiger partial charge in [-0.1, -0.05) is 25.8 Å². The molecule has 1 fully saturated rings. The zero-order valence-electron chi connectivity index (χ0n) is 13.5. The molecule has 1 aliphatic heterocycles. The van der Waals surface area contributed by atoms with Gasteiger partial charge in [0.1, 0.15) is 6.07 Å². The summed E-state index contributed by atoms with van der Waals surface area (Å²) in [4.78, 5) is 2.55. The quantitative estimate of drug-likeness (QED) is 0.836.